The van der Waals surface area contributed by atoms with Crippen LogP contribution in [0.5, 0.6) is 0 Å². The molecule has 2 aliphatic rings. The summed E-state index contributed by atoms with van der Waals surface area (Å²) in [5.41, 5.74) is 9.61. The SMILES string of the molecule is NCC1CN(Cc2ccc3c(c2)CCC3)C(=O)O1. The van der Waals surface area contributed by atoms with Crippen molar-refractivity contribution in [2.75, 3.05) is 13.1 Å². The molecule has 1 aromatic carbocycles. The maximum absolute atomic E-state index is 11.6. The van der Waals surface area contributed by atoms with Crippen LogP contribution in [0.4, 0.5) is 4.79 Å². The number of hydrogen-bond donors (Lipinski definition) is 1. The summed E-state index contributed by atoms with van der Waals surface area (Å²) in [6.45, 7) is 1.63. The number of aryl methyl sites for hydroxylation is 2. The highest BCUT2D eigenvalue weighted by molar-refractivity contribution is 5.70. The van der Waals surface area contributed by atoms with Gasteiger partial charge in [-0.25, -0.2) is 4.79 Å². The topological polar surface area (TPSA) is 55.6 Å². The van der Waals surface area contributed by atoms with E-state index in [4.69, 9.17) is 10.5 Å². The van der Waals surface area contributed by atoms with Crippen molar-refractivity contribution >= 4 is 6.09 Å². The third-order valence-electron chi connectivity index (χ3n) is 3.75. The van der Waals surface area contributed by atoms with Crippen molar-refractivity contribution in [3.8, 4) is 0 Å². The Bertz CT molecular complexity index is 473. The van der Waals surface area contributed by atoms with Gasteiger partial charge >= 0.3 is 6.09 Å². The van der Waals surface area contributed by atoms with Gasteiger partial charge in [0.25, 0.3) is 0 Å². The summed E-state index contributed by atoms with van der Waals surface area (Å²) < 4.78 is 5.15. The van der Waals surface area contributed by atoms with E-state index in [-0.39, 0.29) is 12.2 Å². The van der Waals surface area contributed by atoms with Crippen molar-refractivity contribution in [3.63, 3.8) is 0 Å². The minimum Gasteiger partial charge on any atom is -0.443 e. The van der Waals surface area contributed by atoms with E-state index < -0.39 is 0 Å². The monoisotopic (exact) mass is 246 g/mol. The highest BCUT2D eigenvalue weighted by atomic mass is 16.6. The lowest BCUT2D eigenvalue weighted by Gasteiger charge is -2.13. The van der Waals surface area contributed by atoms with Gasteiger partial charge in [0.15, 0.2) is 0 Å². The summed E-state index contributed by atoms with van der Waals surface area (Å²) in [7, 11) is 0. The molecule has 2 N–H and O–H groups in total. The Morgan fingerprint density at radius 2 is 2.17 bits per heavy atom. The average Bonchev–Trinajstić information content (AvgIpc) is 2.96. The lowest BCUT2D eigenvalue weighted by molar-refractivity contribution is 0.134. The summed E-state index contributed by atoms with van der Waals surface area (Å²) in [5.74, 6) is 0. The highest BCUT2D eigenvalue weighted by Gasteiger charge is 2.30. The molecule has 1 heterocycles. The van der Waals surface area contributed by atoms with Gasteiger partial charge in [0, 0.05) is 13.1 Å². The second-order valence-corrected chi connectivity index (χ2v) is 5.08. The Hall–Kier alpha value is -1.55. The molecule has 1 fully saturated rings. The molecule has 4 nitrogen and oxygen atoms in total. The van der Waals surface area contributed by atoms with Crippen LogP contribution in [0.3, 0.4) is 0 Å². The van der Waals surface area contributed by atoms with Gasteiger partial charge in [0.05, 0.1) is 6.54 Å². The summed E-state index contributed by atoms with van der Waals surface area (Å²) in [6.07, 6.45) is 3.22. The Kier molecular flexibility index (Phi) is 2.96. The molecule has 1 aromatic rings. The molecule has 96 valence electrons. The zero-order chi connectivity index (χ0) is 12.5. The van der Waals surface area contributed by atoms with Crippen LogP contribution in [-0.4, -0.2) is 30.2 Å². The largest absolute Gasteiger partial charge is 0.443 e. The fourth-order valence-electron chi connectivity index (χ4n) is 2.77. The number of amides is 1. The van der Waals surface area contributed by atoms with E-state index in [1.807, 2.05) is 0 Å². The number of nitrogens with two attached hydrogens (primary N) is 1. The van der Waals surface area contributed by atoms with Crippen LogP contribution in [0, 0.1) is 0 Å². The number of hydrogen-bond acceptors (Lipinski definition) is 3. The molecule has 0 bridgehead atoms. The van der Waals surface area contributed by atoms with Crippen LogP contribution in [0.25, 0.3) is 0 Å². The van der Waals surface area contributed by atoms with Gasteiger partial charge in [0.2, 0.25) is 0 Å². The van der Waals surface area contributed by atoms with E-state index in [9.17, 15) is 4.79 Å². The van der Waals surface area contributed by atoms with Gasteiger partial charge < -0.3 is 15.4 Å². The minimum absolute atomic E-state index is 0.146. The number of carbonyl (C=O) groups is 1. The van der Waals surface area contributed by atoms with Gasteiger partial charge in [0.1, 0.15) is 6.10 Å². The third kappa shape index (κ3) is 2.08. The molecule has 1 saturated heterocycles. The summed E-state index contributed by atoms with van der Waals surface area (Å²) in [4.78, 5) is 13.4. The van der Waals surface area contributed by atoms with Crippen LogP contribution in [-0.2, 0) is 24.1 Å². The van der Waals surface area contributed by atoms with Gasteiger partial charge in [-0.1, -0.05) is 18.2 Å². The molecule has 4 heteroatoms. The lowest BCUT2D eigenvalue weighted by Crippen LogP contribution is -2.27. The quantitative estimate of drug-likeness (QED) is 0.878. The Labute approximate surface area is 107 Å². The second kappa shape index (κ2) is 4.61. The maximum atomic E-state index is 11.6. The molecule has 1 aliphatic carbocycles. The molecule has 0 radical (unpaired) electrons. The van der Waals surface area contributed by atoms with E-state index in [1.54, 1.807) is 4.90 Å². The predicted molar refractivity (Wildman–Crippen MR) is 68.2 cm³/mol. The first-order chi connectivity index (χ1) is 8.76. The Morgan fingerprint density at radius 1 is 1.33 bits per heavy atom. The Balaban J connectivity index is 1.71. The van der Waals surface area contributed by atoms with Crippen molar-refractivity contribution in [2.45, 2.75) is 31.9 Å². The maximum Gasteiger partial charge on any atom is 0.410 e. The number of cyclic esters (lactones) is 1. The number of carbonyl (C=O) groups excluding carboxylic acids is 1. The van der Waals surface area contributed by atoms with Crippen molar-refractivity contribution in [2.24, 2.45) is 5.73 Å². The highest BCUT2D eigenvalue weighted by Crippen LogP contribution is 2.24. The number of nitrogens with zero attached hydrogens (tertiary/aromatic N) is 1. The molecule has 3 rings (SSSR count). The average molecular weight is 246 g/mol. The smallest absolute Gasteiger partial charge is 0.410 e. The van der Waals surface area contributed by atoms with Crippen LogP contribution in [0.2, 0.25) is 0 Å². The molecular formula is C14H18N2O2. The van der Waals surface area contributed by atoms with E-state index in [0.29, 0.717) is 19.6 Å². The Morgan fingerprint density at radius 3 is 2.94 bits per heavy atom. The second-order valence-electron chi connectivity index (χ2n) is 5.08. The minimum atomic E-state index is -0.244. The number of ether oxygens (including phenoxy) is 1. The first-order valence-electron chi connectivity index (χ1n) is 6.52. The molecule has 18 heavy (non-hydrogen) atoms. The molecular weight excluding hydrogens is 228 g/mol. The summed E-state index contributed by atoms with van der Waals surface area (Å²) in [5, 5.41) is 0. The molecule has 1 aliphatic heterocycles. The normalized spacial score (nSPS) is 22.2. The summed E-state index contributed by atoms with van der Waals surface area (Å²) >= 11 is 0. The van der Waals surface area contributed by atoms with Gasteiger partial charge in [-0.3, -0.25) is 0 Å². The predicted octanol–water partition coefficient (Wildman–Crippen LogP) is 1.45. The van der Waals surface area contributed by atoms with Crippen molar-refractivity contribution in [1.82, 2.24) is 4.90 Å². The fraction of sp³-hybridized carbons (Fsp3) is 0.500. The van der Waals surface area contributed by atoms with Crippen LogP contribution >= 0.6 is 0 Å². The third-order valence-corrected chi connectivity index (χ3v) is 3.75. The van der Waals surface area contributed by atoms with E-state index >= 15 is 0 Å². The lowest BCUT2D eigenvalue weighted by atomic mass is 10.1. The van der Waals surface area contributed by atoms with Crippen molar-refractivity contribution in [3.05, 3.63) is 34.9 Å². The number of rotatable bonds is 3. The number of fused-ring (bicyclic) bond motifs is 1. The molecule has 1 atom stereocenters. The van der Waals surface area contributed by atoms with Crippen molar-refractivity contribution < 1.29 is 9.53 Å². The van der Waals surface area contributed by atoms with Crippen LogP contribution < -0.4 is 5.73 Å². The molecule has 1 amide bonds. The zero-order valence-electron chi connectivity index (χ0n) is 10.4. The standard InChI is InChI=1S/C14H18N2O2/c15-7-13-9-16(14(17)18-13)8-10-4-5-11-2-1-3-12(11)6-10/h4-6,13H,1-3,7-9,15H2. The van der Waals surface area contributed by atoms with E-state index in [1.165, 1.54) is 36.0 Å². The van der Waals surface area contributed by atoms with E-state index in [2.05, 4.69) is 18.2 Å². The summed E-state index contributed by atoms with van der Waals surface area (Å²) in [6, 6.07) is 6.54. The van der Waals surface area contributed by atoms with Gasteiger partial charge in [-0.05, 0) is 36.0 Å². The first-order valence-corrected chi connectivity index (χ1v) is 6.52. The first kappa shape index (κ1) is 11.5. The van der Waals surface area contributed by atoms with Gasteiger partial charge in [-0.15, -0.1) is 0 Å². The molecule has 0 aromatic heterocycles. The van der Waals surface area contributed by atoms with Gasteiger partial charge in [-0.2, -0.15) is 0 Å². The number of benzene rings is 1. The zero-order valence-corrected chi connectivity index (χ0v) is 10.4. The fourth-order valence-corrected chi connectivity index (χ4v) is 2.77. The molecule has 1 unspecified atom stereocenters. The van der Waals surface area contributed by atoms with Crippen LogP contribution in [0.15, 0.2) is 18.2 Å². The van der Waals surface area contributed by atoms with Crippen LogP contribution in [0.1, 0.15) is 23.1 Å². The van der Waals surface area contributed by atoms with Crippen molar-refractivity contribution in [1.29, 1.82) is 0 Å². The molecule has 0 saturated carbocycles. The molecule has 0 spiro atoms. The van der Waals surface area contributed by atoms with E-state index in [0.717, 1.165) is 0 Å².